The molecule has 2 heterocycles. The van der Waals surface area contributed by atoms with Gasteiger partial charge in [-0.25, -0.2) is 14.4 Å². The van der Waals surface area contributed by atoms with Crippen LogP contribution in [0, 0.1) is 0 Å². The van der Waals surface area contributed by atoms with Crippen LogP contribution in [-0.4, -0.2) is 95.3 Å². The Morgan fingerprint density at radius 2 is 1.56 bits per heavy atom. The molecule has 3 rings (SSSR count). The van der Waals surface area contributed by atoms with Gasteiger partial charge in [-0.15, -0.1) is 0 Å². The maximum Gasteiger partial charge on any atom is 0.416 e. The number of rotatable bonds is 4. The van der Waals surface area contributed by atoms with Crippen LogP contribution in [0.15, 0.2) is 36.4 Å². The van der Waals surface area contributed by atoms with Gasteiger partial charge in [-0.1, -0.05) is 6.07 Å². The first-order valence-corrected chi connectivity index (χ1v) is 9.66. The van der Waals surface area contributed by atoms with E-state index in [4.69, 9.17) is 14.9 Å². The van der Waals surface area contributed by atoms with Crippen molar-refractivity contribution in [3.63, 3.8) is 0 Å². The van der Waals surface area contributed by atoms with Crippen molar-refractivity contribution in [2.45, 2.75) is 12.3 Å². The number of likely N-dealkylation sites (tertiary alicyclic amines) is 1. The Morgan fingerprint density at radius 1 is 1.00 bits per heavy atom. The number of urea groups is 1. The van der Waals surface area contributed by atoms with E-state index in [0.29, 0.717) is 38.3 Å². The molecule has 2 fully saturated rings. The predicted octanol–water partition coefficient (Wildman–Crippen LogP) is 1.85. The number of benzene rings is 1. The Bertz CT molecular complexity index is 831. The highest BCUT2D eigenvalue weighted by Crippen LogP contribution is 2.32. The molecule has 0 aliphatic carbocycles. The largest absolute Gasteiger partial charge is 0.487 e. The highest BCUT2D eigenvalue weighted by Gasteiger charge is 2.36. The van der Waals surface area contributed by atoms with E-state index >= 15 is 0 Å². The van der Waals surface area contributed by atoms with Crippen molar-refractivity contribution in [2.75, 3.05) is 46.3 Å². The van der Waals surface area contributed by atoms with Gasteiger partial charge < -0.3 is 29.6 Å². The summed E-state index contributed by atoms with van der Waals surface area (Å²) in [7, 11) is 2.02. The lowest BCUT2D eigenvalue weighted by Gasteiger charge is -2.43. The molecule has 0 spiro atoms. The molecule has 0 unspecified atom stereocenters. The van der Waals surface area contributed by atoms with E-state index in [-0.39, 0.29) is 17.9 Å². The number of halogens is 3. The Labute approximate surface area is 182 Å². The molecule has 9 nitrogen and oxygen atoms in total. The van der Waals surface area contributed by atoms with Gasteiger partial charge in [-0.2, -0.15) is 13.2 Å². The normalized spacial score (nSPS) is 17.4. The topological polar surface area (TPSA) is 111 Å². The third-order valence-electron chi connectivity index (χ3n) is 4.72. The van der Waals surface area contributed by atoms with E-state index < -0.39 is 23.7 Å². The van der Waals surface area contributed by atoms with Gasteiger partial charge in [-0.05, 0) is 25.2 Å². The SMILES string of the molecule is CN1CCN(C(=O)N2CC(Oc3cccc(C(F)(F)F)c3)C2)CC1.O=C(O)C=CC(=O)O. The zero-order valence-corrected chi connectivity index (χ0v) is 17.3. The van der Waals surface area contributed by atoms with Crippen LogP contribution in [0.5, 0.6) is 5.75 Å². The maximum absolute atomic E-state index is 12.7. The molecule has 0 aromatic heterocycles. The quantitative estimate of drug-likeness (QED) is 0.661. The average molecular weight is 459 g/mol. The lowest BCUT2D eigenvalue weighted by Crippen LogP contribution is -2.61. The number of carbonyl (C=O) groups excluding carboxylic acids is 1. The fraction of sp³-hybridized carbons (Fsp3) is 0.450. The van der Waals surface area contributed by atoms with Crippen molar-refractivity contribution >= 4 is 18.0 Å². The van der Waals surface area contributed by atoms with Crippen LogP contribution in [0.4, 0.5) is 18.0 Å². The van der Waals surface area contributed by atoms with Gasteiger partial charge in [0.15, 0.2) is 0 Å². The number of aliphatic carboxylic acids is 2. The summed E-state index contributed by atoms with van der Waals surface area (Å²) in [5, 5.41) is 15.6. The van der Waals surface area contributed by atoms with E-state index in [0.717, 1.165) is 25.2 Å². The summed E-state index contributed by atoms with van der Waals surface area (Å²) in [4.78, 5) is 37.0. The van der Waals surface area contributed by atoms with Gasteiger partial charge in [0.2, 0.25) is 0 Å². The molecule has 32 heavy (non-hydrogen) atoms. The second-order valence-electron chi connectivity index (χ2n) is 7.25. The van der Waals surface area contributed by atoms with Gasteiger partial charge in [-0.3, -0.25) is 0 Å². The zero-order valence-electron chi connectivity index (χ0n) is 17.3. The number of carboxylic acids is 2. The molecule has 2 amide bonds. The summed E-state index contributed by atoms with van der Waals surface area (Å²) in [6.45, 7) is 3.91. The summed E-state index contributed by atoms with van der Waals surface area (Å²) in [5.41, 5.74) is -0.732. The summed E-state index contributed by atoms with van der Waals surface area (Å²) in [6, 6.07) is 4.80. The van der Waals surface area contributed by atoms with Gasteiger partial charge in [0.1, 0.15) is 11.9 Å². The maximum atomic E-state index is 12.7. The molecule has 2 N–H and O–H groups in total. The fourth-order valence-electron chi connectivity index (χ4n) is 2.95. The highest BCUT2D eigenvalue weighted by atomic mass is 19.4. The van der Waals surface area contributed by atoms with Crippen LogP contribution in [0.3, 0.4) is 0 Å². The summed E-state index contributed by atoms with van der Waals surface area (Å²) in [6.07, 6.45) is -3.53. The van der Waals surface area contributed by atoms with Crippen molar-refractivity contribution in [2.24, 2.45) is 0 Å². The van der Waals surface area contributed by atoms with E-state index in [2.05, 4.69) is 4.90 Å². The number of carboxylic acid groups (broad SMARTS) is 2. The number of alkyl halides is 3. The van der Waals surface area contributed by atoms with Gasteiger partial charge >= 0.3 is 24.1 Å². The van der Waals surface area contributed by atoms with E-state index in [1.165, 1.54) is 12.1 Å². The molecule has 2 saturated heterocycles. The second kappa shape index (κ2) is 10.8. The summed E-state index contributed by atoms with van der Waals surface area (Å²) >= 11 is 0. The molecule has 1 aromatic carbocycles. The number of likely N-dealkylation sites (N-methyl/N-ethyl adjacent to an activating group) is 1. The first kappa shape index (κ1) is 25.0. The molecule has 0 bridgehead atoms. The highest BCUT2D eigenvalue weighted by molar-refractivity contribution is 5.89. The predicted molar refractivity (Wildman–Crippen MR) is 106 cm³/mol. The number of carbonyl (C=O) groups is 3. The van der Waals surface area contributed by atoms with Crippen molar-refractivity contribution < 1.29 is 42.5 Å². The average Bonchev–Trinajstić information content (AvgIpc) is 2.69. The van der Waals surface area contributed by atoms with Gasteiger partial charge in [0, 0.05) is 38.3 Å². The minimum atomic E-state index is -4.39. The van der Waals surface area contributed by atoms with E-state index in [9.17, 15) is 27.6 Å². The molecule has 2 aliphatic heterocycles. The van der Waals surface area contributed by atoms with Crippen LogP contribution >= 0.6 is 0 Å². The second-order valence-corrected chi connectivity index (χ2v) is 7.25. The van der Waals surface area contributed by atoms with Crippen LogP contribution in [0.1, 0.15) is 5.56 Å². The number of hydrogen-bond donors (Lipinski definition) is 2. The van der Waals surface area contributed by atoms with Crippen molar-refractivity contribution in [3.8, 4) is 5.75 Å². The Kier molecular flexibility index (Phi) is 8.47. The van der Waals surface area contributed by atoms with Crippen molar-refractivity contribution in [1.82, 2.24) is 14.7 Å². The minimum absolute atomic E-state index is 0.0213. The van der Waals surface area contributed by atoms with Crippen LogP contribution in [-0.2, 0) is 15.8 Å². The summed E-state index contributed by atoms with van der Waals surface area (Å²) in [5.74, 6) is -2.33. The van der Waals surface area contributed by atoms with Crippen LogP contribution < -0.4 is 4.74 Å². The zero-order chi connectivity index (χ0) is 23.9. The third kappa shape index (κ3) is 7.76. The number of ether oxygens (including phenoxy) is 1. The molecular formula is C20H24F3N3O6. The first-order chi connectivity index (χ1) is 15.0. The number of hydrogen-bond acceptors (Lipinski definition) is 5. The minimum Gasteiger partial charge on any atom is -0.487 e. The third-order valence-corrected chi connectivity index (χ3v) is 4.72. The molecule has 176 valence electrons. The lowest BCUT2D eigenvalue weighted by atomic mass is 10.1. The molecule has 0 saturated carbocycles. The van der Waals surface area contributed by atoms with Crippen molar-refractivity contribution in [1.29, 1.82) is 0 Å². The van der Waals surface area contributed by atoms with Crippen LogP contribution in [0.25, 0.3) is 0 Å². The number of piperazine rings is 1. The molecule has 1 aromatic rings. The molecule has 0 radical (unpaired) electrons. The van der Waals surface area contributed by atoms with Crippen molar-refractivity contribution in [3.05, 3.63) is 42.0 Å². The van der Waals surface area contributed by atoms with E-state index in [1.54, 1.807) is 9.80 Å². The molecule has 2 aliphatic rings. The summed E-state index contributed by atoms with van der Waals surface area (Å²) < 4.78 is 43.6. The first-order valence-electron chi connectivity index (χ1n) is 9.66. The molecule has 0 atom stereocenters. The number of amides is 2. The Morgan fingerprint density at radius 3 is 2.06 bits per heavy atom. The fourth-order valence-corrected chi connectivity index (χ4v) is 2.95. The molecular weight excluding hydrogens is 435 g/mol. The van der Waals surface area contributed by atoms with Gasteiger partial charge in [0.05, 0.1) is 18.7 Å². The smallest absolute Gasteiger partial charge is 0.416 e. The number of nitrogens with zero attached hydrogens (tertiary/aromatic N) is 3. The van der Waals surface area contributed by atoms with Gasteiger partial charge in [0.25, 0.3) is 0 Å². The van der Waals surface area contributed by atoms with Crippen LogP contribution in [0.2, 0.25) is 0 Å². The lowest BCUT2D eigenvalue weighted by molar-refractivity contribution is -0.137. The Balaban J connectivity index is 0.000000390. The van der Waals surface area contributed by atoms with E-state index in [1.807, 2.05) is 7.05 Å². The Hall–Kier alpha value is -3.28. The molecule has 12 heteroatoms. The standard InChI is InChI=1S/C16H20F3N3O2.C4H4O4/c1-20-5-7-21(8-6-20)15(23)22-10-14(11-22)24-13-4-2-3-12(9-13)16(17,18)19;5-3(6)1-2-4(7)8/h2-4,9,14H,5-8,10-11H2,1H3;1-2H,(H,5,6)(H,7,8). The monoisotopic (exact) mass is 459 g/mol.